The summed E-state index contributed by atoms with van der Waals surface area (Å²) in [5.74, 6) is 2.62. The maximum absolute atomic E-state index is 6.35. The third-order valence-corrected chi connectivity index (χ3v) is 7.35. The number of imidazole rings is 1. The van der Waals surface area contributed by atoms with Crippen LogP contribution in [0.2, 0.25) is 0 Å². The largest absolute Gasteiger partial charge is 0.496 e. The van der Waals surface area contributed by atoms with E-state index in [4.69, 9.17) is 18.6 Å². The van der Waals surface area contributed by atoms with E-state index in [1.165, 1.54) is 17.0 Å². The second-order valence-electron chi connectivity index (χ2n) is 8.65. The number of hydrogen-bond donors (Lipinski definition) is 0. The highest BCUT2D eigenvalue weighted by molar-refractivity contribution is 7.18. The van der Waals surface area contributed by atoms with Crippen molar-refractivity contribution >= 4 is 33.0 Å². The smallest absolute Gasteiger partial charge is 0.294 e. The van der Waals surface area contributed by atoms with E-state index in [0.717, 1.165) is 42.0 Å². The molecule has 0 unspecified atom stereocenters. The van der Waals surface area contributed by atoms with Crippen LogP contribution in [-0.4, -0.2) is 48.5 Å². The van der Waals surface area contributed by atoms with Crippen LogP contribution in [0, 0.1) is 5.92 Å². The average Bonchev–Trinajstić information content (AvgIpc) is 3.61. The number of fused-ring (bicyclic) bond motifs is 2. The lowest BCUT2D eigenvalue weighted by Gasteiger charge is -2.33. The van der Waals surface area contributed by atoms with E-state index in [1.54, 1.807) is 18.7 Å². The molecule has 0 aliphatic carbocycles. The third kappa shape index (κ3) is 4.27. The van der Waals surface area contributed by atoms with E-state index in [0.29, 0.717) is 40.5 Å². The summed E-state index contributed by atoms with van der Waals surface area (Å²) in [6, 6.07) is 16.4. The fraction of sp³-hybridized carbons (Fsp3) is 0.308. The number of hydrogen-bond acceptors (Lipinski definition) is 8. The van der Waals surface area contributed by atoms with Gasteiger partial charge in [0.25, 0.3) is 5.19 Å². The van der Waals surface area contributed by atoms with Crippen molar-refractivity contribution in [1.82, 2.24) is 14.6 Å². The molecule has 2 aromatic carbocycles. The molecular formula is C26H26N4O4S. The van der Waals surface area contributed by atoms with E-state index in [1.807, 2.05) is 24.4 Å². The Morgan fingerprint density at radius 1 is 1.06 bits per heavy atom. The van der Waals surface area contributed by atoms with Crippen molar-refractivity contribution < 1.29 is 18.6 Å². The Bertz CT molecular complexity index is 1420. The highest BCUT2D eigenvalue weighted by Crippen LogP contribution is 2.38. The van der Waals surface area contributed by atoms with Gasteiger partial charge in [0.2, 0.25) is 4.96 Å². The van der Waals surface area contributed by atoms with Gasteiger partial charge in [-0.15, -0.1) is 5.10 Å². The minimum absolute atomic E-state index is 0.503. The van der Waals surface area contributed by atoms with Gasteiger partial charge < -0.3 is 23.5 Å². The molecule has 1 fully saturated rings. The molecule has 1 saturated heterocycles. The molecule has 0 saturated carbocycles. The summed E-state index contributed by atoms with van der Waals surface area (Å²) >= 11 is 1.38. The molecule has 3 aromatic heterocycles. The van der Waals surface area contributed by atoms with Crippen LogP contribution in [0.4, 0.5) is 5.69 Å². The molecule has 180 valence electrons. The second-order valence-corrected chi connectivity index (χ2v) is 9.57. The fourth-order valence-corrected chi connectivity index (χ4v) is 5.23. The first kappa shape index (κ1) is 21.8. The maximum Gasteiger partial charge on any atom is 0.294 e. The van der Waals surface area contributed by atoms with Gasteiger partial charge in [0.15, 0.2) is 5.76 Å². The predicted octanol–water partition coefficient (Wildman–Crippen LogP) is 5.52. The number of para-hydroxylation sites is 1. The summed E-state index contributed by atoms with van der Waals surface area (Å²) < 4.78 is 24.9. The molecule has 0 N–H and O–H groups in total. The number of furan rings is 1. The van der Waals surface area contributed by atoms with Crippen molar-refractivity contribution in [1.29, 1.82) is 0 Å². The van der Waals surface area contributed by atoms with Gasteiger partial charge in [-0.25, -0.2) is 9.50 Å². The van der Waals surface area contributed by atoms with Crippen LogP contribution >= 0.6 is 11.3 Å². The number of aromatic nitrogens is 3. The van der Waals surface area contributed by atoms with Gasteiger partial charge in [-0.2, -0.15) is 0 Å². The summed E-state index contributed by atoms with van der Waals surface area (Å²) in [6.07, 6.45) is 4.03. The molecule has 0 radical (unpaired) electrons. The van der Waals surface area contributed by atoms with Crippen LogP contribution in [0.1, 0.15) is 12.8 Å². The Kier molecular flexibility index (Phi) is 5.69. The Morgan fingerprint density at radius 2 is 1.89 bits per heavy atom. The van der Waals surface area contributed by atoms with E-state index in [-0.39, 0.29) is 0 Å². The molecule has 0 bridgehead atoms. The molecule has 1 aliphatic rings. The summed E-state index contributed by atoms with van der Waals surface area (Å²) in [5.41, 5.74) is 2.70. The van der Waals surface area contributed by atoms with Crippen LogP contribution in [0.3, 0.4) is 0 Å². The summed E-state index contributed by atoms with van der Waals surface area (Å²) in [6.45, 7) is 2.74. The molecule has 0 spiro atoms. The Balaban J connectivity index is 1.20. The number of piperidine rings is 1. The topological polar surface area (TPSA) is 74.3 Å². The molecule has 5 aromatic rings. The van der Waals surface area contributed by atoms with Gasteiger partial charge in [-0.3, -0.25) is 0 Å². The quantitative estimate of drug-likeness (QED) is 0.297. The normalized spacial score (nSPS) is 14.6. The first-order valence-corrected chi connectivity index (χ1v) is 12.5. The second kappa shape index (κ2) is 9.14. The molecule has 0 atom stereocenters. The van der Waals surface area contributed by atoms with Crippen LogP contribution in [-0.2, 0) is 0 Å². The maximum atomic E-state index is 6.35. The highest BCUT2D eigenvalue weighted by Gasteiger charge is 2.22. The molecule has 6 rings (SSSR count). The lowest BCUT2D eigenvalue weighted by molar-refractivity contribution is 0.224. The number of methoxy groups -OCH3 is 2. The lowest BCUT2D eigenvalue weighted by Crippen LogP contribution is -2.35. The molecular weight excluding hydrogens is 464 g/mol. The third-order valence-electron chi connectivity index (χ3n) is 6.47. The molecule has 0 amide bonds. The van der Waals surface area contributed by atoms with E-state index < -0.39 is 0 Å². The summed E-state index contributed by atoms with van der Waals surface area (Å²) in [5, 5.41) is 5.82. The average molecular weight is 491 g/mol. The lowest BCUT2D eigenvalue weighted by atomic mass is 9.97. The standard InChI is InChI=1S/C26H26N4O4S/c1-31-19-12-22(33-16-17-8-10-29(11-9-17)18-6-4-3-5-7-18)20-14-24(34-23(20)13-19)21-15-30-25(27-21)35-26(28-30)32-2/h3-7,12-15,17H,8-11,16H2,1-2H3. The van der Waals surface area contributed by atoms with Crippen LogP contribution in [0.15, 0.2) is 59.1 Å². The number of benzene rings is 2. The van der Waals surface area contributed by atoms with Crippen molar-refractivity contribution in [3.8, 4) is 28.1 Å². The summed E-state index contributed by atoms with van der Waals surface area (Å²) in [7, 11) is 3.25. The highest BCUT2D eigenvalue weighted by atomic mass is 32.1. The monoisotopic (exact) mass is 490 g/mol. The summed E-state index contributed by atoms with van der Waals surface area (Å²) in [4.78, 5) is 7.83. The van der Waals surface area contributed by atoms with Gasteiger partial charge in [-0.1, -0.05) is 18.2 Å². The number of anilines is 1. The van der Waals surface area contributed by atoms with Crippen molar-refractivity contribution in [3.63, 3.8) is 0 Å². The van der Waals surface area contributed by atoms with Gasteiger partial charge in [0.05, 0.1) is 32.4 Å². The van der Waals surface area contributed by atoms with E-state index >= 15 is 0 Å². The first-order chi connectivity index (χ1) is 17.2. The Morgan fingerprint density at radius 3 is 2.63 bits per heavy atom. The van der Waals surface area contributed by atoms with Gasteiger partial charge in [0.1, 0.15) is 22.8 Å². The van der Waals surface area contributed by atoms with Gasteiger partial charge in [-0.05, 0) is 48.3 Å². The fourth-order valence-electron chi connectivity index (χ4n) is 4.53. The minimum Gasteiger partial charge on any atom is -0.496 e. The van der Waals surface area contributed by atoms with E-state index in [2.05, 4.69) is 45.3 Å². The minimum atomic E-state index is 0.503. The van der Waals surface area contributed by atoms with Crippen LogP contribution < -0.4 is 19.1 Å². The van der Waals surface area contributed by atoms with E-state index in [9.17, 15) is 0 Å². The number of rotatable bonds is 7. The zero-order chi connectivity index (χ0) is 23.8. The van der Waals surface area contributed by atoms with Gasteiger partial charge in [0, 0.05) is 30.9 Å². The van der Waals surface area contributed by atoms with Crippen LogP contribution in [0.5, 0.6) is 16.7 Å². The van der Waals surface area contributed by atoms with Crippen molar-refractivity contribution in [2.45, 2.75) is 12.8 Å². The molecule has 1 aliphatic heterocycles. The van der Waals surface area contributed by atoms with Crippen LogP contribution in [0.25, 0.3) is 27.4 Å². The molecule has 35 heavy (non-hydrogen) atoms. The Labute approximate surface area is 206 Å². The van der Waals surface area contributed by atoms with Crippen molar-refractivity contribution in [2.75, 3.05) is 38.8 Å². The van der Waals surface area contributed by atoms with Gasteiger partial charge >= 0.3 is 0 Å². The molecule has 9 heteroatoms. The number of ether oxygens (including phenoxy) is 3. The predicted molar refractivity (Wildman–Crippen MR) is 136 cm³/mol. The SMILES string of the molecule is COc1cc(OCC2CCN(c3ccccc3)CC2)c2cc(-c3cn4nc(OC)sc4n3)oc2c1. The Hall–Kier alpha value is -3.72. The zero-order valence-electron chi connectivity index (χ0n) is 19.6. The molecule has 4 heterocycles. The first-order valence-electron chi connectivity index (χ1n) is 11.6. The number of nitrogens with zero attached hydrogens (tertiary/aromatic N) is 4. The molecule has 8 nitrogen and oxygen atoms in total. The zero-order valence-corrected chi connectivity index (χ0v) is 20.5. The van der Waals surface area contributed by atoms with Crippen molar-refractivity contribution in [3.05, 3.63) is 54.7 Å². The van der Waals surface area contributed by atoms with Crippen molar-refractivity contribution in [2.24, 2.45) is 5.92 Å².